The fourth-order valence-corrected chi connectivity index (χ4v) is 0.402. The standard InChI is InChI=1S/C5H9NO4.ClH.Fe/c6-3(5(9)10)1-2-4(7)8;;/h3H,1-2,6H2,(H,7,8)(H,9,10);1H;. The Morgan fingerprint density at radius 2 is 1.75 bits per heavy atom. The van der Waals surface area contributed by atoms with E-state index in [2.05, 4.69) is 0 Å². The van der Waals surface area contributed by atoms with Crippen molar-refractivity contribution in [2.75, 3.05) is 0 Å². The van der Waals surface area contributed by atoms with E-state index in [0.717, 1.165) is 0 Å². The van der Waals surface area contributed by atoms with E-state index in [4.69, 9.17) is 15.9 Å². The van der Waals surface area contributed by atoms with E-state index >= 15 is 0 Å². The molecule has 0 aromatic heterocycles. The van der Waals surface area contributed by atoms with Gasteiger partial charge in [-0.1, -0.05) is 0 Å². The smallest absolute Gasteiger partial charge is 0.320 e. The second-order valence-electron chi connectivity index (χ2n) is 1.88. The van der Waals surface area contributed by atoms with Crippen LogP contribution in [0.15, 0.2) is 0 Å². The number of nitrogens with two attached hydrogens (primary N) is 1. The predicted octanol–water partition coefficient (Wildman–Crippen LogP) is -0.318. The summed E-state index contributed by atoms with van der Waals surface area (Å²) < 4.78 is 0. The number of rotatable bonds is 4. The third-order valence-electron chi connectivity index (χ3n) is 0.986. The van der Waals surface area contributed by atoms with Crippen molar-refractivity contribution >= 4 is 24.3 Å². The van der Waals surface area contributed by atoms with Gasteiger partial charge in [-0.05, 0) is 6.42 Å². The summed E-state index contributed by atoms with van der Waals surface area (Å²) >= 11 is 0. The molecule has 0 heterocycles. The topological polar surface area (TPSA) is 101 Å². The van der Waals surface area contributed by atoms with Crippen LogP contribution in [0.2, 0.25) is 0 Å². The fourth-order valence-electron chi connectivity index (χ4n) is 0.402. The molecule has 0 aliphatic rings. The molecule has 0 amide bonds. The Hall–Kier alpha value is -0.291. The van der Waals surface area contributed by atoms with Crippen molar-refractivity contribution < 1.29 is 36.9 Å². The molecular formula is C5H10ClFeNO4. The number of aliphatic carboxylic acids is 2. The molecule has 0 aromatic rings. The van der Waals surface area contributed by atoms with Crippen molar-refractivity contribution in [2.24, 2.45) is 5.73 Å². The van der Waals surface area contributed by atoms with Crippen LogP contribution in [0.25, 0.3) is 0 Å². The molecule has 0 aliphatic carbocycles. The van der Waals surface area contributed by atoms with Crippen LogP contribution < -0.4 is 5.73 Å². The van der Waals surface area contributed by atoms with E-state index in [9.17, 15) is 9.59 Å². The molecule has 5 nitrogen and oxygen atoms in total. The van der Waals surface area contributed by atoms with Gasteiger partial charge in [0.15, 0.2) is 0 Å². The fraction of sp³-hybridized carbons (Fsp3) is 0.600. The number of hydrogen-bond donors (Lipinski definition) is 3. The molecule has 0 fully saturated rings. The zero-order valence-electron chi connectivity index (χ0n) is 6.04. The van der Waals surface area contributed by atoms with Crippen LogP contribution in [0.3, 0.4) is 0 Å². The summed E-state index contributed by atoms with van der Waals surface area (Å²) in [6, 6.07) is -1.06. The van der Waals surface area contributed by atoms with Gasteiger partial charge in [0.25, 0.3) is 0 Å². The van der Waals surface area contributed by atoms with E-state index < -0.39 is 18.0 Å². The van der Waals surface area contributed by atoms with Crippen molar-refractivity contribution in [1.29, 1.82) is 0 Å². The Morgan fingerprint density at radius 3 is 2.00 bits per heavy atom. The molecule has 7 heteroatoms. The first-order valence-corrected chi connectivity index (χ1v) is 2.74. The maximum absolute atomic E-state index is 9.99. The normalized spacial score (nSPS) is 10.4. The monoisotopic (exact) mass is 239 g/mol. The Labute approximate surface area is 86.2 Å². The van der Waals surface area contributed by atoms with Crippen molar-refractivity contribution in [3.8, 4) is 0 Å². The first-order chi connectivity index (χ1) is 4.54. The summed E-state index contributed by atoms with van der Waals surface area (Å²) in [6.45, 7) is 0. The average molecular weight is 239 g/mol. The van der Waals surface area contributed by atoms with E-state index in [1.165, 1.54) is 0 Å². The van der Waals surface area contributed by atoms with E-state index in [0.29, 0.717) is 0 Å². The molecule has 0 radical (unpaired) electrons. The summed E-state index contributed by atoms with van der Waals surface area (Å²) in [5.74, 6) is -2.20. The molecule has 4 N–H and O–H groups in total. The van der Waals surface area contributed by atoms with Gasteiger partial charge >= 0.3 is 11.9 Å². The van der Waals surface area contributed by atoms with Gasteiger partial charge in [0, 0.05) is 23.5 Å². The summed E-state index contributed by atoms with van der Waals surface area (Å²) in [5, 5.41) is 16.3. The Bertz CT molecular complexity index is 154. The van der Waals surface area contributed by atoms with Gasteiger partial charge in [-0.15, -0.1) is 12.4 Å². The van der Waals surface area contributed by atoms with E-state index in [-0.39, 0.29) is 42.3 Å². The minimum atomic E-state index is -1.17. The van der Waals surface area contributed by atoms with Crippen molar-refractivity contribution in [3.05, 3.63) is 0 Å². The predicted molar refractivity (Wildman–Crippen MR) is 39.7 cm³/mol. The van der Waals surface area contributed by atoms with Gasteiger partial charge in [0.2, 0.25) is 0 Å². The van der Waals surface area contributed by atoms with Crippen molar-refractivity contribution in [3.63, 3.8) is 0 Å². The van der Waals surface area contributed by atoms with E-state index in [1.54, 1.807) is 0 Å². The van der Waals surface area contributed by atoms with Crippen LogP contribution in [-0.4, -0.2) is 28.2 Å². The number of carboxylic acids is 2. The summed E-state index contributed by atoms with van der Waals surface area (Å²) in [6.07, 6.45) is -0.224. The molecule has 0 saturated heterocycles. The van der Waals surface area contributed by atoms with Crippen LogP contribution >= 0.6 is 12.4 Å². The third kappa shape index (κ3) is 9.71. The first-order valence-electron chi connectivity index (χ1n) is 2.74. The molecule has 74 valence electrons. The van der Waals surface area contributed by atoms with Crippen LogP contribution in [0.4, 0.5) is 0 Å². The van der Waals surface area contributed by atoms with Gasteiger partial charge < -0.3 is 15.9 Å². The van der Waals surface area contributed by atoms with Gasteiger partial charge in [0.1, 0.15) is 6.04 Å². The number of carbonyl (C=O) groups is 2. The number of carboxylic acid groups (broad SMARTS) is 2. The molecule has 0 aliphatic heterocycles. The molecule has 0 aromatic carbocycles. The van der Waals surface area contributed by atoms with Crippen LogP contribution in [0.1, 0.15) is 12.8 Å². The molecule has 0 spiro atoms. The molecule has 1 unspecified atom stereocenters. The zero-order valence-corrected chi connectivity index (χ0v) is 7.96. The summed E-state index contributed by atoms with van der Waals surface area (Å²) in [7, 11) is 0. The number of hydrogen-bond acceptors (Lipinski definition) is 3. The Morgan fingerprint density at radius 1 is 1.33 bits per heavy atom. The second-order valence-corrected chi connectivity index (χ2v) is 1.88. The average Bonchev–Trinajstić information content (AvgIpc) is 1.82. The molecule has 0 bridgehead atoms. The molecule has 0 saturated carbocycles. The van der Waals surface area contributed by atoms with Gasteiger partial charge in [-0.25, -0.2) is 0 Å². The minimum absolute atomic E-state index is 0. The Balaban J connectivity index is -0.000000405. The quantitative estimate of drug-likeness (QED) is 0.584. The maximum Gasteiger partial charge on any atom is 0.320 e. The molecule has 12 heavy (non-hydrogen) atoms. The largest absolute Gasteiger partial charge is 0.481 e. The molecular weight excluding hydrogens is 229 g/mol. The number of halogens is 1. The zero-order chi connectivity index (χ0) is 8.15. The van der Waals surface area contributed by atoms with Crippen LogP contribution in [-0.2, 0) is 26.7 Å². The summed E-state index contributed by atoms with van der Waals surface area (Å²) in [5.41, 5.74) is 5.00. The van der Waals surface area contributed by atoms with Crippen molar-refractivity contribution in [2.45, 2.75) is 18.9 Å². The van der Waals surface area contributed by atoms with Gasteiger partial charge in [0.05, 0.1) is 0 Å². The first kappa shape index (κ1) is 17.7. The maximum atomic E-state index is 9.99. The minimum Gasteiger partial charge on any atom is -0.481 e. The summed E-state index contributed by atoms with van der Waals surface area (Å²) in [4.78, 5) is 19.9. The SMILES string of the molecule is Cl.NC(CCC(=O)O)C(=O)O.[Fe]. The van der Waals surface area contributed by atoms with Gasteiger partial charge in [-0.3, -0.25) is 9.59 Å². The van der Waals surface area contributed by atoms with Crippen molar-refractivity contribution in [1.82, 2.24) is 0 Å². The molecule has 1 atom stereocenters. The Kier molecular flexibility index (Phi) is 13.0. The third-order valence-corrected chi connectivity index (χ3v) is 0.986. The van der Waals surface area contributed by atoms with Crippen LogP contribution in [0.5, 0.6) is 0 Å². The van der Waals surface area contributed by atoms with Crippen LogP contribution in [0, 0.1) is 0 Å². The second kappa shape index (κ2) is 8.80. The van der Waals surface area contributed by atoms with Gasteiger partial charge in [-0.2, -0.15) is 0 Å². The molecule has 0 rings (SSSR count). The van der Waals surface area contributed by atoms with E-state index in [1.807, 2.05) is 0 Å².